The monoisotopic (exact) mass is 249 g/mol. The van der Waals surface area contributed by atoms with Crippen LogP contribution in [0.25, 0.3) is 0 Å². The molecule has 0 radical (unpaired) electrons. The van der Waals surface area contributed by atoms with Crippen LogP contribution in [0.2, 0.25) is 0 Å². The number of carbonyl (C=O) groups excluding carboxylic acids is 1. The zero-order valence-corrected chi connectivity index (χ0v) is 11.3. The number of benzene rings is 1. The molecule has 0 fully saturated rings. The Bertz CT molecular complexity index is 338. The number of rotatable bonds is 8. The van der Waals surface area contributed by atoms with Gasteiger partial charge in [0.2, 0.25) is 0 Å². The molecule has 1 aromatic rings. The largest absolute Gasteiger partial charge is 0.481 e. The number of hydrogen-bond acceptors (Lipinski definition) is 2. The van der Waals surface area contributed by atoms with Crippen molar-refractivity contribution in [3.8, 4) is 5.75 Å². The van der Waals surface area contributed by atoms with Gasteiger partial charge in [-0.3, -0.25) is 4.79 Å². The first-order valence-electron chi connectivity index (χ1n) is 6.73. The van der Waals surface area contributed by atoms with Crippen molar-refractivity contribution in [1.82, 2.24) is 5.32 Å². The predicted molar refractivity (Wildman–Crippen MR) is 73.7 cm³/mol. The summed E-state index contributed by atoms with van der Waals surface area (Å²) < 4.78 is 5.54. The molecule has 1 atom stereocenters. The summed E-state index contributed by atoms with van der Waals surface area (Å²) in [4.78, 5) is 11.7. The van der Waals surface area contributed by atoms with Crippen LogP contribution in [-0.4, -0.2) is 18.6 Å². The smallest absolute Gasteiger partial charge is 0.260 e. The maximum atomic E-state index is 11.7. The molecule has 0 saturated heterocycles. The average Bonchev–Trinajstić information content (AvgIpc) is 2.39. The lowest BCUT2D eigenvalue weighted by Gasteiger charge is -2.14. The van der Waals surface area contributed by atoms with Gasteiger partial charge in [0.1, 0.15) is 5.75 Å². The molecular weight excluding hydrogens is 226 g/mol. The average molecular weight is 249 g/mol. The van der Waals surface area contributed by atoms with Crippen LogP contribution in [0.15, 0.2) is 30.3 Å². The van der Waals surface area contributed by atoms with Crippen molar-refractivity contribution in [3.63, 3.8) is 0 Å². The fourth-order valence-corrected chi connectivity index (χ4v) is 1.66. The van der Waals surface area contributed by atoms with Gasteiger partial charge in [0.25, 0.3) is 5.91 Å². The summed E-state index contributed by atoms with van der Waals surface area (Å²) in [6.45, 7) is 4.68. The second kappa shape index (κ2) is 8.56. The number of hydrogen-bond donors (Lipinski definition) is 1. The Morgan fingerprint density at radius 2 is 1.94 bits per heavy atom. The number of unbranched alkanes of at least 4 members (excludes halogenated alkanes) is 3. The molecule has 3 nitrogen and oxygen atoms in total. The molecule has 3 heteroatoms. The van der Waals surface area contributed by atoms with Gasteiger partial charge in [-0.15, -0.1) is 0 Å². The van der Waals surface area contributed by atoms with Gasteiger partial charge >= 0.3 is 0 Å². The molecule has 1 unspecified atom stereocenters. The zero-order valence-electron chi connectivity index (χ0n) is 11.3. The van der Waals surface area contributed by atoms with Crippen LogP contribution in [0.3, 0.4) is 0 Å². The SMILES string of the molecule is CCCCCCNC(=O)C(C)Oc1ccccc1. The summed E-state index contributed by atoms with van der Waals surface area (Å²) in [6, 6.07) is 9.41. The van der Waals surface area contributed by atoms with Crippen LogP contribution in [0.5, 0.6) is 5.75 Å². The Labute approximate surface area is 110 Å². The highest BCUT2D eigenvalue weighted by Gasteiger charge is 2.13. The predicted octanol–water partition coefficient (Wildman–Crippen LogP) is 3.15. The van der Waals surface area contributed by atoms with Gasteiger partial charge in [-0.2, -0.15) is 0 Å². The molecular formula is C15H23NO2. The Morgan fingerprint density at radius 1 is 1.22 bits per heavy atom. The van der Waals surface area contributed by atoms with E-state index in [2.05, 4.69) is 12.2 Å². The Hall–Kier alpha value is -1.51. The molecule has 0 aliphatic rings. The fourth-order valence-electron chi connectivity index (χ4n) is 1.66. The number of para-hydroxylation sites is 1. The van der Waals surface area contributed by atoms with E-state index in [1.807, 2.05) is 30.3 Å². The van der Waals surface area contributed by atoms with Crippen LogP contribution in [0, 0.1) is 0 Å². The lowest BCUT2D eigenvalue weighted by atomic mass is 10.2. The Balaban J connectivity index is 2.21. The van der Waals surface area contributed by atoms with E-state index in [0.29, 0.717) is 0 Å². The van der Waals surface area contributed by atoms with Crippen LogP contribution in [0.4, 0.5) is 0 Å². The number of ether oxygens (including phenoxy) is 1. The second-order valence-electron chi connectivity index (χ2n) is 4.42. The van der Waals surface area contributed by atoms with Crippen molar-refractivity contribution in [2.24, 2.45) is 0 Å². The van der Waals surface area contributed by atoms with E-state index in [4.69, 9.17) is 4.74 Å². The zero-order chi connectivity index (χ0) is 13.2. The molecule has 0 saturated carbocycles. The summed E-state index contributed by atoms with van der Waals surface area (Å²) in [6.07, 6.45) is 4.20. The number of amides is 1. The van der Waals surface area contributed by atoms with Gasteiger partial charge in [0.15, 0.2) is 6.10 Å². The molecule has 0 bridgehead atoms. The molecule has 0 aliphatic carbocycles. The quantitative estimate of drug-likeness (QED) is 0.719. The van der Waals surface area contributed by atoms with E-state index >= 15 is 0 Å². The first-order chi connectivity index (χ1) is 8.74. The van der Waals surface area contributed by atoms with Crippen molar-refractivity contribution in [1.29, 1.82) is 0 Å². The van der Waals surface area contributed by atoms with Crippen molar-refractivity contribution < 1.29 is 9.53 Å². The Kier molecular flexibility index (Phi) is 6.92. The Morgan fingerprint density at radius 3 is 2.61 bits per heavy atom. The molecule has 0 heterocycles. The van der Waals surface area contributed by atoms with E-state index in [1.165, 1.54) is 19.3 Å². The first kappa shape index (κ1) is 14.6. The van der Waals surface area contributed by atoms with E-state index in [0.717, 1.165) is 18.7 Å². The standard InChI is InChI=1S/C15H23NO2/c1-3-4-5-9-12-16-15(17)13(2)18-14-10-7-6-8-11-14/h6-8,10-11,13H,3-5,9,12H2,1-2H3,(H,16,17). The molecule has 0 aliphatic heterocycles. The van der Waals surface area contributed by atoms with Crippen LogP contribution in [0.1, 0.15) is 39.5 Å². The molecule has 1 N–H and O–H groups in total. The fraction of sp³-hybridized carbons (Fsp3) is 0.533. The van der Waals surface area contributed by atoms with Gasteiger partial charge in [-0.25, -0.2) is 0 Å². The minimum absolute atomic E-state index is 0.0460. The number of nitrogens with one attached hydrogen (secondary N) is 1. The first-order valence-corrected chi connectivity index (χ1v) is 6.73. The summed E-state index contributed by atoms with van der Waals surface area (Å²) in [5, 5.41) is 2.90. The van der Waals surface area contributed by atoms with Crippen LogP contribution < -0.4 is 10.1 Å². The molecule has 1 aromatic carbocycles. The molecule has 1 amide bonds. The third-order valence-corrected chi connectivity index (χ3v) is 2.75. The van der Waals surface area contributed by atoms with Crippen molar-refractivity contribution in [2.75, 3.05) is 6.54 Å². The van der Waals surface area contributed by atoms with E-state index < -0.39 is 6.10 Å². The third kappa shape index (κ3) is 5.71. The van der Waals surface area contributed by atoms with Crippen LogP contribution in [-0.2, 0) is 4.79 Å². The maximum absolute atomic E-state index is 11.7. The summed E-state index contributed by atoms with van der Waals surface area (Å²) >= 11 is 0. The highest BCUT2D eigenvalue weighted by Crippen LogP contribution is 2.10. The van der Waals surface area contributed by atoms with Gasteiger partial charge in [0.05, 0.1) is 0 Å². The lowest BCUT2D eigenvalue weighted by molar-refractivity contribution is -0.127. The van der Waals surface area contributed by atoms with Gasteiger partial charge in [-0.1, -0.05) is 44.4 Å². The minimum atomic E-state index is -0.446. The van der Waals surface area contributed by atoms with Gasteiger partial charge < -0.3 is 10.1 Å². The molecule has 0 spiro atoms. The molecule has 0 aromatic heterocycles. The van der Waals surface area contributed by atoms with Gasteiger partial charge in [0, 0.05) is 6.54 Å². The molecule has 18 heavy (non-hydrogen) atoms. The summed E-state index contributed by atoms with van der Waals surface area (Å²) in [5.74, 6) is 0.682. The van der Waals surface area contributed by atoms with E-state index in [9.17, 15) is 4.79 Å². The second-order valence-corrected chi connectivity index (χ2v) is 4.42. The lowest BCUT2D eigenvalue weighted by Crippen LogP contribution is -2.36. The molecule has 100 valence electrons. The van der Waals surface area contributed by atoms with Crippen molar-refractivity contribution in [2.45, 2.75) is 45.6 Å². The minimum Gasteiger partial charge on any atom is -0.481 e. The highest BCUT2D eigenvalue weighted by molar-refractivity contribution is 5.80. The third-order valence-electron chi connectivity index (χ3n) is 2.75. The summed E-state index contributed by atoms with van der Waals surface area (Å²) in [5.41, 5.74) is 0. The number of carbonyl (C=O) groups is 1. The molecule has 1 rings (SSSR count). The summed E-state index contributed by atoms with van der Waals surface area (Å²) in [7, 11) is 0. The van der Waals surface area contributed by atoms with E-state index in [-0.39, 0.29) is 5.91 Å². The van der Waals surface area contributed by atoms with Gasteiger partial charge in [-0.05, 0) is 25.5 Å². The maximum Gasteiger partial charge on any atom is 0.260 e. The van der Waals surface area contributed by atoms with Crippen LogP contribution >= 0.6 is 0 Å². The normalized spacial score (nSPS) is 11.9. The highest BCUT2D eigenvalue weighted by atomic mass is 16.5. The topological polar surface area (TPSA) is 38.3 Å². The van der Waals surface area contributed by atoms with Crippen molar-refractivity contribution >= 4 is 5.91 Å². The van der Waals surface area contributed by atoms with E-state index in [1.54, 1.807) is 6.92 Å². The van der Waals surface area contributed by atoms with Crippen molar-refractivity contribution in [3.05, 3.63) is 30.3 Å².